The van der Waals surface area contributed by atoms with Gasteiger partial charge in [0, 0.05) is 12.6 Å². The Morgan fingerprint density at radius 1 is 1.40 bits per heavy atom. The van der Waals surface area contributed by atoms with E-state index in [0.717, 1.165) is 6.42 Å². The summed E-state index contributed by atoms with van der Waals surface area (Å²) in [5, 5.41) is 11.7. The molecule has 4 heteroatoms. The predicted octanol–water partition coefficient (Wildman–Crippen LogP) is 0.637. The Labute approximate surface area is 92.2 Å². The summed E-state index contributed by atoms with van der Waals surface area (Å²) in [6.07, 6.45) is 2.19. The minimum absolute atomic E-state index is 0.0189. The molecule has 0 aromatic heterocycles. The van der Waals surface area contributed by atoms with Crippen molar-refractivity contribution in [1.82, 2.24) is 5.32 Å². The second kappa shape index (κ2) is 7.65. The van der Waals surface area contributed by atoms with Crippen molar-refractivity contribution in [3.8, 4) is 0 Å². The molecule has 0 aromatic carbocycles. The summed E-state index contributed by atoms with van der Waals surface area (Å²) < 4.78 is 0. The van der Waals surface area contributed by atoms with Gasteiger partial charge in [0.05, 0.1) is 6.04 Å². The first kappa shape index (κ1) is 14.4. The third kappa shape index (κ3) is 5.74. The molecule has 1 amide bonds. The molecular formula is C11H24N2O2. The van der Waals surface area contributed by atoms with Gasteiger partial charge in [-0.05, 0) is 18.8 Å². The molecule has 0 aromatic rings. The van der Waals surface area contributed by atoms with Crippen molar-refractivity contribution in [3.05, 3.63) is 0 Å². The van der Waals surface area contributed by atoms with Gasteiger partial charge >= 0.3 is 0 Å². The lowest BCUT2D eigenvalue weighted by molar-refractivity contribution is -0.123. The fourth-order valence-electron chi connectivity index (χ4n) is 1.44. The Kier molecular flexibility index (Phi) is 7.34. The van der Waals surface area contributed by atoms with E-state index in [-0.39, 0.29) is 18.6 Å². The van der Waals surface area contributed by atoms with E-state index in [4.69, 9.17) is 10.8 Å². The molecule has 0 radical (unpaired) electrons. The highest BCUT2D eigenvalue weighted by Gasteiger charge is 2.19. The standard InChI is InChI=1S/C11H24N2O2/c1-4-5-9(12)11(15)13-10(6-7-14)8(2)3/h8-10,14H,4-7,12H2,1-3H3,(H,13,15). The molecule has 0 aliphatic heterocycles. The van der Waals surface area contributed by atoms with E-state index in [2.05, 4.69) is 5.32 Å². The molecule has 0 rings (SSSR count). The zero-order valence-electron chi connectivity index (χ0n) is 9.99. The Hall–Kier alpha value is -0.610. The maximum atomic E-state index is 11.6. The van der Waals surface area contributed by atoms with Gasteiger partial charge in [0.15, 0.2) is 0 Å². The van der Waals surface area contributed by atoms with E-state index >= 15 is 0 Å². The van der Waals surface area contributed by atoms with Gasteiger partial charge in [-0.3, -0.25) is 4.79 Å². The summed E-state index contributed by atoms with van der Waals surface area (Å²) in [6.45, 7) is 6.13. The second-order valence-electron chi connectivity index (χ2n) is 4.27. The van der Waals surface area contributed by atoms with E-state index in [1.54, 1.807) is 0 Å². The van der Waals surface area contributed by atoms with Crippen LogP contribution in [0, 0.1) is 5.92 Å². The van der Waals surface area contributed by atoms with Gasteiger partial charge < -0.3 is 16.2 Å². The number of nitrogens with two attached hydrogens (primary N) is 1. The normalized spacial score (nSPS) is 15.1. The Bertz CT molecular complexity index is 183. The molecule has 0 spiro atoms. The Morgan fingerprint density at radius 2 is 2.00 bits per heavy atom. The van der Waals surface area contributed by atoms with E-state index in [1.165, 1.54) is 0 Å². The van der Waals surface area contributed by atoms with Crippen molar-refractivity contribution in [2.45, 2.75) is 52.1 Å². The summed E-state index contributed by atoms with van der Waals surface area (Å²) in [5.41, 5.74) is 5.70. The highest BCUT2D eigenvalue weighted by Crippen LogP contribution is 2.06. The molecule has 90 valence electrons. The number of rotatable bonds is 7. The maximum absolute atomic E-state index is 11.6. The molecule has 15 heavy (non-hydrogen) atoms. The van der Waals surface area contributed by atoms with Gasteiger partial charge in [0.2, 0.25) is 5.91 Å². The lowest BCUT2D eigenvalue weighted by atomic mass is 10.0. The van der Waals surface area contributed by atoms with Gasteiger partial charge in [-0.2, -0.15) is 0 Å². The van der Waals surface area contributed by atoms with Crippen molar-refractivity contribution < 1.29 is 9.90 Å². The van der Waals surface area contributed by atoms with E-state index in [9.17, 15) is 4.79 Å². The smallest absolute Gasteiger partial charge is 0.237 e. The highest BCUT2D eigenvalue weighted by atomic mass is 16.3. The SMILES string of the molecule is CCCC(N)C(=O)NC(CCO)C(C)C. The monoisotopic (exact) mass is 216 g/mol. The number of carbonyl (C=O) groups excluding carboxylic acids is 1. The molecule has 4 nitrogen and oxygen atoms in total. The van der Waals surface area contributed by atoms with Crippen LogP contribution < -0.4 is 11.1 Å². The van der Waals surface area contributed by atoms with Crippen molar-refractivity contribution in [1.29, 1.82) is 0 Å². The van der Waals surface area contributed by atoms with Crippen LogP contribution in [0.2, 0.25) is 0 Å². The first-order valence-electron chi connectivity index (χ1n) is 5.69. The molecule has 0 saturated heterocycles. The molecule has 0 fully saturated rings. The lowest BCUT2D eigenvalue weighted by Crippen LogP contribution is -2.47. The van der Waals surface area contributed by atoms with Crippen LogP contribution in [-0.4, -0.2) is 29.7 Å². The quantitative estimate of drug-likeness (QED) is 0.584. The van der Waals surface area contributed by atoms with Gasteiger partial charge in [-0.25, -0.2) is 0 Å². The molecule has 0 heterocycles. The third-order valence-corrected chi connectivity index (χ3v) is 2.51. The number of aliphatic hydroxyl groups excluding tert-OH is 1. The number of carbonyl (C=O) groups is 1. The van der Waals surface area contributed by atoms with Crippen LogP contribution in [0.25, 0.3) is 0 Å². The highest BCUT2D eigenvalue weighted by molar-refractivity contribution is 5.81. The minimum Gasteiger partial charge on any atom is -0.396 e. The van der Waals surface area contributed by atoms with Gasteiger partial charge in [-0.1, -0.05) is 27.2 Å². The first-order valence-corrected chi connectivity index (χ1v) is 5.69. The van der Waals surface area contributed by atoms with Crippen molar-refractivity contribution in [3.63, 3.8) is 0 Å². The molecule has 0 bridgehead atoms. The molecular weight excluding hydrogens is 192 g/mol. The van der Waals surface area contributed by atoms with Crippen molar-refractivity contribution >= 4 is 5.91 Å². The number of aliphatic hydroxyl groups is 1. The fraction of sp³-hybridized carbons (Fsp3) is 0.909. The maximum Gasteiger partial charge on any atom is 0.237 e. The summed E-state index contributed by atoms with van der Waals surface area (Å²) in [6, 6.07) is -0.402. The van der Waals surface area contributed by atoms with E-state index in [0.29, 0.717) is 18.8 Å². The summed E-state index contributed by atoms with van der Waals surface area (Å²) in [4.78, 5) is 11.6. The van der Waals surface area contributed by atoms with Crippen LogP contribution in [-0.2, 0) is 4.79 Å². The zero-order valence-corrected chi connectivity index (χ0v) is 9.99. The van der Waals surface area contributed by atoms with E-state index in [1.807, 2.05) is 20.8 Å². The average molecular weight is 216 g/mol. The Morgan fingerprint density at radius 3 is 2.40 bits per heavy atom. The lowest BCUT2D eigenvalue weighted by Gasteiger charge is -2.23. The van der Waals surface area contributed by atoms with Crippen LogP contribution in [0.5, 0.6) is 0 Å². The van der Waals surface area contributed by atoms with Crippen LogP contribution in [0.15, 0.2) is 0 Å². The molecule has 2 unspecified atom stereocenters. The number of amides is 1. The zero-order chi connectivity index (χ0) is 11.8. The summed E-state index contributed by atoms with van der Waals surface area (Å²) >= 11 is 0. The van der Waals surface area contributed by atoms with Crippen LogP contribution in [0.4, 0.5) is 0 Å². The van der Waals surface area contributed by atoms with Gasteiger partial charge in [0.1, 0.15) is 0 Å². The molecule has 0 saturated carbocycles. The van der Waals surface area contributed by atoms with Crippen LogP contribution in [0.1, 0.15) is 40.0 Å². The number of hydrogen-bond donors (Lipinski definition) is 3. The van der Waals surface area contributed by atoms with Gasteiger partial charge in [0.25, 0.3) is 0 Å². The number of hydrogen-bond acceptors (Lipinski definition) is 3. The summed E-state index contributed by atoms with van der Waals surface area (Å²) in [7, 11) is 0. The van der Waals surface area contributed by atoms with E-state index < -0.39 is 6.04 Å². The molecule has 0 aliphatic carbocycles. The van der Waals surface area contributed by atoms with Crippen LogP contribution >= 0.6 is 0 Å². The molecule has 4 N–H and O–H groups in total. The predicted molar refractivity (Wildman–Crippen MR) is 61.4 cm³/mol. The van der Waals surface area contributed by atoms with Crippen molar-refractivity contribution in [2.24, 2.45) is 11.7 Å². The Balaban J connectivity index is 4.09. The van der Waals surface area contributed by atoms with Gasteiger partial charge in [-0.15, -0.1) is 0 Å². The number of nitrogens with one attached hydrogen (secondary N) is 1. The topological polar surface area (TPSA) is 75.4 Å². The fourth-order valence-corrected chi connectivity index (χ4v) is 1.44. The largest absolute Gasteiger partial charge is 0.396 e. The molecule has 0 aliphatic rings. The second-order valence-corrected chi connectivity index (χ2v) is 4.27. The molecule has 2 atom stereocenters. The minimum atomic E-state index is -0.421. The third-order valence-electron chi connectivity index (χ3n) is 2.51. The summed E-state index contributed by atoms with van der Waals surface area (Å²) in [5.74, 6) is 0.207. The average Bonchev–Trinajstić information content (AvgIpc) is 2.17. The van der Waals surface area contributed by atoms with Crippen LogP contribution in [0.3, 0.4) is 0 Å². The first-order chi connectivity index (χ1) is 7.02. The van der Waals surface area contributed by atoms with Crippen molar-refractivity contribution in [2.75, 3.05) is 6.61 Å².